The van der Waals surface area contributed by atoms with Gasteiger partial charge in [0, 0.05) is 10.7 Å². The minimum absolute atomic E-state index is 0.168. The van der Waals surface area contributed by atoms with Crippen LogP contribution >= 0.6 is 11.6 Å². The fourth-order valence-electron chi connectivity index (χ4n) is 2.05. The highest BCUT2D eigenvalue weighted by molar-refractivity contribution is 6.31. The highest BCUT2D eigenvalue weighted by atomic mass is 35.5. The summed E-state index contributed by atoms with van der Waals surface area (Å²) in [6.07, 6.45) is 1.33. The predicted molar refractivity (Wildman–Crippen MR) is 77.1 cm³/mol. The van der Waals surface area contributed by atoms with Crippen molar-refractivity contribution < 1.29 is 0 Å². The number of aromatic nitrogens is 2. The first kappa shape index (κ1) is 11.9. The number of nitrogens with zero attached hydrogens (tertiary/aromatic N) is 2. The summed E-state index contributed by atoms with van der Waals surface area (Å²) < 4.78 is 1.62. The minimum Gasteiger partial charge on any atom is -0.274 e. The molecule has 2 aromatic carbocycles. The molecular formula is C15H11ClN2O. The normalized spacial score (nSPS) is 10.8. The molecule has 94 valence electrons. The third kappa shape index (κ3) is 2.13. The van der Waals surface area contributed by atoms with Gasteiger partial charge < -0.3 is 0 Å². The van der Waals surface area contributed by atoms with Gasteiger partial charge in [-0.25, -0.2) is 4.98 Å². The average Bonchev–Trinajstić information content (AvgIpc) is 2.40. The van der Waals surface area contributed by atoms with Gasteiger partial charge in [0.15, 0.2) is 0 Å². The van der Waals surface area contributed by atoms with Gasteiger partial charge in [0.05, 0.1) is 17.2 Å². The van der Waals surface area contributed by atoms with Gasteiger partial charge in [0.25, 0.3) is 5.56 Å². The van der Waals surface area contributed by atoms with Crippen molar-refractivity contribution in [3.63, 3.8) is 0 Å². The summed E-state index contributed by atoms with van der Waals surface area (Å²) in [5.74, 6) is 0. The standard InChI is InChI=1S/C15H11ClN2O/c1-10-2-5-12(6-3-10)18-14-8-11(16)4-7-13(14)17-9-15(18)19/h2-9H,1H3. The number of hydrogen-bond donors (Lipinski definition) is 0. The molecular weight excluding hydrogens is 260 g/mol. The summed E-state index contributed by atoms with van der Waals surface area (Å²) in [7, 11) is 0. The number of halogens is 1. The van der Waals surface area contributed by atoms with E-state index in [0.717, 1.165) is 16.8 Å². The van der Waals surface area contributed by atoms with E-state index >= 15 is 0 Å². The van der Waals surface area contributed by atoms with Crippen LogP contribution in [0.5, 0.6) is 0 Å². The topological polar surface area (TPSA) is 34.9 Å². The van der Waals surface area contributed by atoms with E-state index in [4.69, 9.17) is 11.6 Å². The molecule has 0 saturated carbocycles. The van der Waals surface area contributed by atoms with E-state index in [2.05, 4.69) is 4.98 Å². The van der Waals surface area contributed by atoms with Gasteiger partial charge in [-0.15, -0.1) is 0 Å². The number of aryl methyl sites for hydroxylation is 1. The van der Waals surface area contributed by atoms with Gasteiger partial charge in [0.2, 0.25) is 0 Å². The lowest BCUT2D eigenvalue weighted by Gasteiger charge is -2.10. The van der Waals surface area contributed by atoms with E-state index in [1.54, 1.807) is 16.7 Å². The highest BCUT2D eigenvalue weighted by Crippen LogP contribution is 2.19. The van der Waals surface area contributed by atoms with Crippen LogP contribution in [0.25, 0.3) is 16.7 Å². The van der Waals surface area contributed by atoms with Crippen molar-refractivity contribution in [3.8, 4) is 5.69 Å². The lowest BCUT2D eigenvalue weighted by atomic mass is 10.2. The first-order chi connectivity index (χ1) is 9.15. The molecule has 0 fully saturated rings. The monoisotopic (exact) mass is 270 g/mol. The summed E-state index contributed by atoms with van der Waals surface area (Å²) in [6.45, 7) is 2.01. The van der Waals surface area contributed by atoms with Gasteiger partial charge in [-0.1, -0.05) is 29.3 Å². The SMILES string of the molecule is Cc1ccc(-n2c(=O)cnc3ccc(Cl)cc32)cc1. The van der Waals surface area contributed by atoms with E-state index in [1.165, 1.54) is 6.20 Å². The van der Waals surface area contributed by atoms with E-state index in [9.17, 15) is 4.79 Å². The highest BCUT2D eigenvalue weighted by Gasteiger charge is 2.06. The quantitative estimate of drug-likeness (QED) is 0.680. The number of fused-ring (bicyclic) bond motifs is 1. The second-order valence-corrected chi connectivity index (χ2v) is 4.84. The molecule has 0 N–H and O–H groups in total. The first-order valence-corrected chi connectivity index (χ1v) is 6.27. The fourth-order valence-corrected chi connectivity index (χ4v) is 2.21. The molecule has 3 aromatic rings. The number of benzene rings is 2. The summed E-state index contributed by atoms with van der Waals surface area (Å²) in [5.41, 5.74) is 3.24. The molecule has 0 unspecified atom stereocenters. The van der Waals surface area contributed by atoms with Gasteiger partial charge >= 0.3 is 0 Å². The lowest BCUT2D eigenvalue weighted by Crippen LogP contribution is -2.18. The summed E-state index contributed by atoms with van der Waals surface area (Å²) in [5, 5.41) is 0.584. The molecule has 3 nitrogen and oxygen atoms in total. The van der Waals surface area contributed by atoms with Crippen LogP contribution in [0.3, 0.4) is 0 Å². The maximum Gasteiger partial charge on any atom is 0.274 e. The Morgan fingerprint density at radius 3 is 2.58 bits per heavy atom. The molecule has 0 aliphatic carbocycles. The Labute approximate surface area is 115 Å². The molecule has 1 aromatic heterocycles. The average molecular weight is 271 g/mol. The second-order valence-electron chi connectivity index (χ2n) is 4.40. The van der Waals surface area contributed by atoms with Crippen LogP contribution in [0.15, 0.2) is 53.5 Å². The number of hydrogen-bond acceptors (Lipinski definition) is 2. The van der Waals surface area contributed by atoms with E-state index in [0.29, 0.717) is 10.5 Å². The van der Waals surface area contributed by atoms with Crippen LogP contribution in [0, 0.1) is 6.92 Å². The third-order valence-electron chi connectivity index (χ3n) is 3.00. The predicted octanol–water partition coefficient (Wildman–Crippen LogP) is 3.35. The van der Waals surface area contributed by atoms with Crippen LogP contribution in [0.1, 0.15) is 5.56 Å². The van der Waals surface area contributed by atoms with Gasteiger partial charge in [-0.3, -0.25) is 9.36 Å². The van der Waals surface area contributed by atoms with E-state index in [-0.39, 0.29) is 5.56 Å². The molecule has 0 spiro atoms. The molecule has 1 heterocycles. The lowest BCUT2D eigenvalue weighted by molar-refractivity contribution is 1.02. The summed E-state index contributed by atoms with van der Waals surface area (Å²) in [6, 6.07) is 13.1. The Hall–Kier alpha value is -2.13. The molecule has 0 bridgehead atoms. The van der Waals surface area contributed by atoms with Crippen molar-refractivity contribution >= 4 is 22.6 Å². The van der Waals surface area contributed by atoms with Crippen LogP contribution in [0.2, 0.25) is 5.02 Å². The molecule has 19 heavy (non-hydrogen) atoms. The molecule has 0 saturated heterocycles. The molecule has 0 atom stereocenters. The van der Waals surface area contributed by atoms with Crippen molar-refractivity contribution in [2.75, 3.05) is 0 Å². The molecule has 0 amide bonds. The Morgan fingerprint density at radius 2 is 1.84 bits per heavy atom. The van der Waals surface area contributed by atoms with Gasteiger partial charge in [-0.05, 0) is 37.3 Å². The van der Waals surface area contributed by atoms with Crippen molar-refractivity contribution in [2.45, 2.75) is 6.92 Å². The Kier molecular flexibility index (Phi) is 2.84. The van der Waals surface area contributed by atoms with E-state index in [1.807, 2.05) is 37.3 Å². The van der Waals surface area contributed by atoms with Gasteiger partial charge in [-0.2, -0.15) is 0 Å². The molecule has 3 rings (SSSR count). The maximum atomic E-state index is 12.1. The second kappa shape index (κ2) is 4.52. The largest absolute Gasteiger partial charge is 0.274 e. The zero-order valence-corrected chi connectivity index (χ0v) is 11.1. The number of rotatable bonds is 1. The Morgan fingerprint density at radius 1 is 1.11 bits per heavy atom. The van der Waals surface area contributed by atoms with Crippen molar-refractivity contribution in [1.82, 2.24) is 9.55 Å². The third-order valence-corrected chi connectivity index (χ3v) is 3.24. The zero-order valence-electron chi connectivity index (χ0n) is 10.3. The van der Waals surface area contributed by atoms with Crippen LogP contribution < -0.4 is 5.56 Å². The first-order valence-electron chi connectivity index (χ1n) is 5.89. The molecule has 0 radical (unpaired) electrons. The molecule has 0 aliphatic rings. The van der Waals surface area contributed by atoms with Gasteiger partial charge in [0.1, 0.15) is 0 Å². The summed E-state index contributed by atoms with van der Waals surface area (Å²) in [4.78, 5) is 16.2. The fraction of sp³-hybridized carbons (Fsp3) is 0.0667. The van der Waals surface area contributed by atoms with Crippen LogP contribution in [-0.4, -0.2) is 9.55 Å². The zero-order chi connectivity index (χ0) is 13.4. The smallest absolute Gasteiger partial charge is 0.274 e. The van der Waals surface area contributed by atoms with Crippen LogP contribution in [-0.2, 0) is 0 Å². The molecule has 0 aliphatic heterocycles. The van der Waals surface area contributed by atoms with Crippen molar-refractivity contribution in [1.29, 1.82) is 0 Å². The van der Waals surface area contributed by atoms with Crippen molar-refractivity contribution in [2.24, 2.45) is 0 Å². The molecule has 4 heteroatoms. The Bertz CT molecular complexity index is 806. The maximum absolute atomic E-state index is 12.1. The summed E-state index contributed by atoms with van der Waals surface area (Å²) >= 11 is 6.01. The Balaban J connectivity index is 2.38. The van der Waals surface area contributed by atoms with E-state index < -0.39 is 0 Å². The van der Waals surface area contributed by atoms with Crippen LogP contribution in [0.4, 0.5) is 0 Å². The van der Waals surface area contributed by atoms with Crippen molar-refractivity contribution in [3.05, 3.63) is 69.6 Å². The minimum atomic E-state index is -0.168.